The molecule has 2 aromatic carbocycles. The van der Waals surface area contributed by atoms with Crippen molar-refractivity contribution in [1.29, 1.82) is 0 Å². The quantitative estimate of drug-likeness (QED) is 0.578. The molecule has 0 spiro atoms. The molecule has 0 bridgehead atoms. The molecule has 0 fully saturated rings. The second-order valence-electron chi connectivity index (χ2n) is 7.68. The van der Waals surface area contributed by atoms with E-state index in [0.29, 0.717) is 17.2 Å². The van der Waals surface area contributed by atoms with Crippen molar-refractivity contribution in [1.82, 2.24) is 10.5 Å². The van der Waals surface area contributed by atoms with Crippen LogP contribution in [-0.4, -0.2) is 11.1 Å². The van der Waals surface area contributed by atoms with Gasteiger partial charge in [-0.1, -0.05) is 61.0 Å². The lowest BCUT2D eigenvalue weighted by atomic mass is 9.99. The van der Waals surface area contributed by atoms with Gasteiger partial charge in [0.2, 0.25) is 0 Å². The minimum atomic E-state index is -0.273. The molecule has 1 unspecified atom stereocenters. The van der Waals surface area contributed by atoms with Gasteiger partial charge in [-0.15, -0.1) is 0 Å². The Morgan fingerprint density at radius 2 is 1.62 bits per heavy atom. The summed E-state index contributed by atoms with van der Waals surface area (Å²) in [5, 5.41) is 6.96. The summed E-state index contributed by atoms with van der Waals surface area (Å²) in [6.45, 7) is 10.3. The molecule has 5 heteroatoms. The Morgan fingerprint density at radius 3 is 2.24 bits per heavy atom. The summed E-state index contributed by atoms with van der Waals surface area (Å²) in [5.74, 6) is 1.52. The number of nitrogens with one attached hydrogen (secondary N) is 1. The summed E-state index contributed by atoms with van der Waals surface area (Å²) in [4.78, 5) is 12.8. The zero-order valence-electron chi connectivity index (χ0n) is 17.7. The molecule has 0 aliphatic carbocycles. The van der Waals surface area contributed by atoms with E-state index < -0.39 is 0 Å². The Labute approximate surface area is 172 Å². The molecule has 1 heterocycles. The van der Waals surface area contributed by atoms with E-state index in [4.69, 9.17) is 9.26 Å². The molecule has 1 N–H and O–H groups in total. The molecular formula is C24H28N2O3. The van der Waals surface area contributed by atoms with Gasteiger partial charge in [0.25, 0.3) is 5.91 Å². The molecule has 0 aliphatic rings. The highest BCUT2D eigenvalue weighted by atomic mass is 16.5. The Morgan fingerprint density at radius 1 is 1.00 bits per heavy atom. The SMILES string of the molecule is Cc1ccc(OCc2c(C(=O)NC(C)c3ccc(C(C)C)cc3)noc2C)cc1. The average Bonchev–Trinajstić information content (AvgIpc) is 3.08. The maximum Gasteiger partial charge on any atom is 0.274 e. The predicted molar refractivity (Wildman–Crippen MR) is 113 cm³/mol. The number of amides is 1. The van der Waals surface area contributed by atoms with E-state index in [-0.39, 0.29) is 24.2 Å². The van der Waals surface area contributed by atoms with E-state index in [1.54, 1.807) is 6.92 Å². The third-order valence-corrected chi connectivity index (χ3v) is 5.05. The smallest absolute Gasteiger partial charge is 0.274 e. The fourth-order valence-corrected chi connectivity index (χ4v) is 3.05. The van der Waals surface area contributed by atoms with Gasteiger partial charge in [0.1, 0.15) is 18.1 Å². The first-order chi connectivity index (χ1) is 13.8. The topological polar surface area (TPSA) is 64.4 Å². The Kier molecular flexibility index (Phi) is 6.37. The van der Waals surface area contributed by atoms with E-state index in [9.17, 15) is 4.79 Å². The van der Waals surface area contributed by atoms with E-state index in [0.717, 1.165) is 16.9 Å². The number of carbonyl (C=O) groups is 1. The molecule has 29 heavy (non-hydrogen) atoms. The molecule has 0 aliphatic heterocycles. The molecule has 0 saturated carbocycles. The molecule has 0 radical (unpaired) electrons. The average molecular weight is 392 g/mol. The number of benzene rings is 2. The lowest BCUT2D eigenvalue weighted by molar-refractivity contribution is 0.0928. The Hall–Kier alpha value is -3.08. The van der Waals surface area contributed by atoms with Crippen molar-refractivity contribution < 1.29 is 14.1 Å². The van der Waals surface area contributed by atoms with Crippen molar-refractivity contribution in [3.05, 3.63) is 82.2 Å². The number of ether oxygens (including phenoxy) is 1. The Balaban J connectivity index is 1.68. The standard InChI is InChI=1S/C24H28N2O3/c1-15(2)19-8-10-20(11-9-19)17(4)25-24(27)23-22(18(5)29-26-23)14-28-21-12-6-16(3)7-13-21/h6-13,15,17H,14H2,1-5H3,(H,25,27). The molecule has 3 aromatic rings. The van der Waals surface area contributed by atoms with E-state index in [1.165, 1.54) is 5.56 Å². The van der Waals surface area contributed by atoms with Crippen LogP contribution in [0.2, 0.25) is 0 Å². The van der Waals surface area contributed by atoms with Gasteiger partial charge in [-0.05, 0) is 49.9 Å². The van der Waals surface area contributed by atoms with Crippen molar-refractivity contribution in [2.24, 2.45) is 0 Å². The highest BCUT2D eigenvalue weighted by molar-refractivity contribution is 5.94. The summed E-state index contributed by atoms with van der Waals surface area (Å²) in [7, 11) is 0. The Bertz CT molecular complexity index is 957. The van der Waals surface area contributed by atoms with Gasteiger partial charge in [0.05, 0.1) is 11.6 Å². The first-order valence-corrected chi connectivity index (χ1v) is 9.90. The maximum atomic E-state index is 12.8. The molecule has 1 amide bonds. The van der Waals surface area contributed by atoms with E-state index in [2.05, 4.69) is 48.6 Å². The summed E-state index contributed by atoms with van der Waals surface area (Å²) >= 11 is 0. The van der Waals surface area contributed by atoms with Crippen molar-refractivity contribution in [3.63, 3.8) is 0 Å². The second kappa shape index (κ2) is 8.95. The van der Waals surface area contributed by atoms with Gasteiger partial charge in [-0.3, -0.25) is 4.79 Å². The summed E-state index contributed by atoms with van der Waals surface area (Å²) < 4.78 is 11.1. The molecule has 3 rings (SSSR count). The monoisotopic (exact) mass is 392 g/mol. The van der Waals surface area contributed by atoms with Crippen LogP contribution in [0, 0.1) is 13.8 Å². The van der Waals surface area contributed by atoms with Crippen LogP contribution >= 0.6 is 0 Å². The van der Waals surface area contributed by atoms with Crippen LogP contribution in [0.15, 0.2) is 53.1 Å². The van der Waals surface area contributed by atoms with Crippen LogP contribution < -0.4 is 10.1 Å². The summed E-state index contributed by atoms with van der Waals surface area (Å²) in [5.41, 5.74) is 4.40. The number of aromatic nitrogens is 1. The third-order valence-electron chi connectivity index (χ3n) is 5.05. The van der Waals surface area contributed by atoms with Crippen LogP contribution in [0.4, 0.5) is 0 Å². The molecular weight excluding hydrogens is 364 g/mol. The van der Waals surface area contributed by atoms with E-state index in [1.807, 2.05) is 38.1 Å². The van der Waals surface area contributed by atoms with Crippen molar-refractivity contribution >= 4 is 5.91 Å². The normalized spacial score (nSPS) is 12.1. The highest BCUT2D eigenvalue weighted by Crippen LogP contribution is 2.21. The van der Waals surface area contributed by atoms with Crippen LogP contribution in [0.1, 0.15) is 71.2 Å². The number of aryl methyl sites for hydroxylation is 2. The fraction of sp³-hybridized carbons (Fsp3) is 0.333. The number of hydrogen-bond acceptors (Lipinski definition) is 4. The molecule has 0 saturated heterocycles. The number of hydrogen-bond donors (Lipinski definition) is 1. The highest BCUT2D eigenvalue weighted by Gasteiger charge is 2.22. The number of rotatable bonds is 7. The first-order valence-electron chi connectivity index (χ1n) is 9.90. The lowest BCUT2D eigenvalue weighted by Gasteiger charge is -2.15. The minimum absolute atomic E-state index is 0.147. The van der Waals surface area contributed by atoms with Crippen LogP contribution in [-0.2, 0) is 6.61 Å². The minimum Gasteiger partial charge on any atom is -0.489 e. The van der Waals surface area contributed by atoms with Crippen LogP contribution in [0.3, 0.4) is 0 Å². The zero-order valence-corrected chi connectivity index (χ0v) is 17.7. The van der Waals surface area contributed by atoms with Gasteiger partial charge in [0, 0.05) is 0 Å². The molecule has 1 atom stereocenters. The summed E-state index contributed by atoms with van der Waals surface area (Å²) in [6.07, 6.45) is 0. The molecule has 5 nitrogen and oxygen atoms in total. The molecule has 152 valence electrons. The van der Waals surface area contributed by atoms with Crippen molar-refractivity contribution in [3.8, 4) is 5.75 Å². The van der Waals surface area contributed by atoms with Crippen LogP contribution in [0.25, 0.3) is 0 Å². The van der Waals surface area contributed by atoms with Gasteiger partial charge < -0.3 is 14.6 Å². The first kappa shape index (κ1) is 20.6. The van der Waals surface area contributed by atoms with Crippen LogP contribution in [0.5, 0.6) is 5.75 Å². The van der Waals surface area contributed by atoms with E-state index >= 15 is 0 Å². The number of carbonyl (C=O) groups excluding carboxylic acids is 1. The number of nitrogens with zero attached hydrogens (tertiary/aromatic N) is 1. The fourth-order valence-electron chi connectivity index (χ4n) is 3.05. The predicted octanol–water partition coefficient (Wildman–Crippen LogP) is 5.48. The summed E-state index contributed by atoms with van der Waals surface area (Å²) in [6, 6.07) is 15.9. The van der Waals surface area contributed by atoms with Gasteiger partial charge in [0.15, 0.2) is 5.69 Å². The van der Waals surface area contributed by atoms with Gasteiger partial charge >= 0.3 is 0 Å². The zero-order chi connectivity index (χ0) is 21.0. The van der Waals surface area contributed by atoms with Crippen molar-refractivity contribution in [2.45, 2.75) is 53.2 Å². The second-order valence-corrected chi connectivity index (χ2v) is 7.68. The molecule has 1 aromatic heterocycles. The van der Waals surface area contributed by atoms with Gasteiger partial charge in [-0.25, -0.2) is 0 Å². The largest absolute Gasteiger partial charge is 0.489 e. The lowest BCUT2D eigenvalue weighted by Crippen LogP contribution is -2.28. The van der Waals surface area contributed by atoms with Crippen molar-refractivity contribution in [2.75, 3.05) is 0 Å². The maximum absolute atomic E-state index is 12.8. The third kappa shape index (κ3) is 5.05. The van der Waals surface area contributed by atoms with Gasteiger partial charge in [-0.2, -0.15) is 0 Å².